The third-order valence-corrected chi connectivity index (χ3v) is 2.83. The molecule has 11 heteroatoms. The summed E-state index contributed by atoms with van der Waals surface area (Å²) in [5.41, 5.74) is 0. The highest BCUT2D eigenvalue weighted by Crippen LogP contribution is 2.23. The third kappa shape index (κ3) is 5.16. The molecular formula is C7H12F3N3O4S. The predicted octanol–water partition coefficient (Wildman–Crippen LogP) is -0.878. The van der Waals surface area contributed by atoms with Gasteiger partial charge in [-0.25, -0.2) is 14.7 Å². The first kappa shape index (κ1) is 15.1. The van der Waals surface area contributed by atoms with E-state index in [0.717, 1.165) is 5.06 Å². The van der Waals surface area contributed by atoms with Crippen LogP contribution in [-0.4, -0.2) is 45.3 Å². The Labute approximate surface area is 101 Å². The van der Waals surface area contributed by atoms with E-state index in [2.05, 4.69) is 9.98 Å². The van der Waals surface area contributed by atoms with Gasteiger partial charge in [-0.15, -0.1) is 5.06 Å². The third-order valence-electron chi connectivity index (χ3n) is 2.22. The second kappa shape index (κ2) is 5.38. The Kier molecular flexibility index (Phi) is 4.53. The van der Waals surface area contributed by atoms with E-state index in [1.165, 1.54) is 0 Å². The van der Waals surface area contributed by atoms with E-state index in [1.807, 2.05) is 4.72 Å². The van der Waals surface area contributed by atoms with Crippen LogP contribution in [0.3, 0.4) is 0 Å². The molecule has 0 aliphatic carbocycles. The Bertz CT molecular complexity index is 405. The maximum Gasteiger partial charge on any atom is 0.492 e. The van der Waals surface area contributed by atoms with Gasteiger partial charge in [0.25, 0.3) is 10.2 Å². The second-order valence-electron chi connectivity index (χ2n) is 3.82. The van der Waals surface area contributed by atoms with Gasteiger partial charge in [0.05, 0.1) is 0 Å². The van der Waals surface area contributed by atoms with Crippen molar-refractivity contribution in [3.63, 3.8) is 0 Å². The van der Waals surface area contributed by atoms with Crippen molar-refractivity contribution in [1.82, 2.24) is 9.79 Å². The molecule has 1 saturated heterocycles. The molecule has 0 saturated carbocycles. The number of nitrogens with two attached hydrogens (primary N) is 1. The van der Waals surface area contributed by atoms with Crippen LogP contribution in [0.5, 0.6) is 0 Å². The predicted molar refractivity (Wildman–Crippen MR) is 52.9 cm³/mol. The standard InChI is InChI=1S/C7H12F3N3O4S/c8-7(9,10)6(14)17-13-3-5(4-13)1-2-12-18(11,15)16/h5,12H,1-4H2,(H2,11,15,16). The molecule has 18 heavy (non-hydrogen) atoms. The molecule has 0 radical (unpaired) electrons. The van der Waals surface area contributed by atoms with Crippen LogP contribution in [-0.2, 0) is 19.8 Å². The van der Waals surface area contributed by atoms with Gasteiger partial charge in [-0.3, -0.25) is 0 Å². The zero-order chi connectivity index (χ0) is 14.0. The molecule has 0 aromatic rings. The van der Waals surface area contributed by atoms with Crippen LogP contribution in [0, 0.1) is 5.92 Å². The van der Waals surface area contributed by atoms with E-state index in [4.69, 9.17) is 0 Å². The van der Waals surface area contributed by atoms with E-state index in [1.54, 1.807) is 0 Å². The van der Waals surface area contributed by atoms with Crippen molar-refractivity contribution >= 4 is 16.2 Å². The number of halogens is 3. The zero-order valence-corrected chi connectivity index (χ0v) is 9.92. The quantitative estimate of drug-likeness (QED) is 0.685. The van der Waals surface area contributed by atoms with Gasteiger partial charge in [-0.2, -0.15) is 21.6 Å². The van der Waals surface area contributed by atoms with E-state index in [0.29, 0.717) is 6.42 Å². The van der Waals surface area contributed by atoms with Crippen molar-refractivity contribution in [2.75, 3.05) is 19.6 Å². The summed E-state index contributed by atoms with van der Waals surface area (Å²) < 4.78 is 58.5. The summed E-state index contributed by atoms with van der Waals surface area (Å²) >= 11 is 0. The first-order valence-electron chi connectivity index (χ1n) is 4.89. The van der Waals surface area contributed by atoms with Crippen LogP contribution in [0.25, 0.3) is 0 Å². The van der Waals surface area contributed by atoms with Crippen LogP contribution < -0.4 is 9.86 Å². The SMILES string of the molecule is NS(=O)(=O)NCCC1CN(OC(=O)C(F)(F)F)C1. The molecule has 3 N–H and O–H groups in total. The molecule has 1 heterocycles. The maximum atomic E-state index is 11.8. The van der Waals surface area contributed by atoms with Crippen molar-refractivity contribution in [3.8, 4) is 0 Å². The molecule has 0 unspecified atom stereocenters. The van der Waals surface area contributed by atoms with Gasteiger partial charge >= 0.3 is 12.1 Å². The molecule has 0 spiro atoms. The van der Waals surface area contributed by atoms with Crippen molar-refractivity contribution in [2.24, 2.45) is 11.1 Å². The maximum absolute atomic E-state index is 11.8. The molecule has 7 nitrogen and oxygen atoms in total. The number of nitrogens with zero attached hydrogens (tertiary/aromatic N) is 1. The summed E-state index contributed by atoms with van der Waals surface area (Å²) in [6, 6.07) is 0. The van der Waals surface area contributed by atoms with Crippen LogP contribution in [0.4, 0.5) is 13.2 Å². The first-order chi connectivity index (χ1) is 8.08. The number of carbonyl (C=O) groups is 1. The highest BCUT2D eigenvalue weighted by molar-refractivity contribution is 7.87. The zero-order valence-electron chi connectivity index (χ0n) is 9.11. The first-order valence-corrected chi connectivity index (χ1v) is 6.44. The van der Waals surface area contributed by atoms with Crippen molar-refractivity contribution in [1.29, 1.82) is 0 Å². The molecule has 0 bridgehead atoms. The van der Waals surface area contributed by atoms with Gasteiger partial charge in [-0.1, -0.05) is 0 Å². The van der Waals surface area contributed by atoms with Crippen molar-refractivity contribution in [3.05, 3.63) is 0 Å². The molecule has 1 fully saturated rings. The Hall–Kier alpha value is -0.910. The molecule has 0 aromatic heterocycles. The van der Waals surface area contributed by atoms with E-state index in [-0.39, 0.29) is 25.6 Å². The largest absolute Gasteiger partial charge is 0.492 e. The van der Waals surface area contributed by atoms with E-state index < -0.39 is 22.4 Å². The Balaban J connectivity index is 2.15. The summed E-state index contributed by atoms with van der Waals surface area (Å²) in [6.45, 7) is 0.354. The number of alkyl halides is 3. The highest BCUT2D eigenvalue weighted by Gasteiger charge is 2.44. The molecule has 0 aromatic carbocycles. The Morgan fingerprint density at radius 2 is 2.00 bits per heavy atom. The number of rotatable bonds is 5. The van der Waals surface area contributed by atoms with Crippen LogP contribution in [0.15, 0.2) is 0 Å². The van der Waals surface area contributed by atoms with Gasteiger partial charge in [0, 0.05) is 19.6 Å². The summed E-state index contributed by atoms with van der Waals surface area (Å²) in [7, 11) is -3.75. The van der Waals surface area contributed by atoms with Gasteiger partial charge in [-0.05, 0) is 12.3 Å². The Morgan fingerprint density at radius 1 is 1.44 bits per heavy atom. The van der Waals surface area contributed by atoms with E-state index in [9.17, 15) is 26.4 Å². The minimum Gasteiger partial charge on any atom is -0.361 e. The fraction of sp³-hybridized carbons (Fsp3) is 0.857. The van der Waals surface area contributed by atoms with Gasteiger partial charge < -0.3 is 4.84 Å². The average molecular weight is 291 g/mol. The van der Waals surface area contributed by atoms with Gasteiger partial charge in [0.2, 0.25) is 0 Å². The second-order valence-corrected chi connectivity index (χ2v) is 5.20. The lowest BCUT2D eigenvalue weighted by atomic mass is 9.99. The minimum absolute atomic E-state index is 0.0414. The smallest absolute Gasteiger partial charge is 0.361 e. The Morgan fingerprint density at radius 3 is 2.44 bits per heavy atom. The molecule has 0 amide bonds. The van der Waals surface area contributed by atoms with E-state index >= 15 is 0 Å². The average Bonchev–Trinajstić information content (AvgIpc) is 2.09. The topological polar surface area (TPSA) is 102 Å². The summed E-state index contributed by atoms with van der Waals surface area (Å²) in [5, 5.41) is 5.55. The molecular weight excluding hydrogens is 279 g/mol. The fourth-order valence-corrected chi connectivity index (χ4v) is 1.76. The highest BCUT2D eigenvalue weighted by atomic mass is 32.2. The monoisotopic (exact) mass is 291 g/mol. The lowest BCUT2D eigenvalue weighted by Gasteiger charge is -2.37. The number of hydrogen-bond donors (Lipinski definition) is 2. The van der Waals surface area contributed by atoms with Crippen LogP contribution in [0.1, 0.15) is 6.42 Å². The molecule has 106 valence electrons. The van der Waals surface area contributed by atoms with Crippen molar-refractivity contribution < 1.29 is 31.2 Å². The fourth-order valence-electron chi connectivity index (χ4n) is 1.35. The molecule has 0 atom stereocenters. The summed E-state index contributed by atoms with van der Waals surface area (Å²) in [5.74, 6) is -2.30. The number of nitrogens with one attached hydrogen (secondary N) is 1. The summed E-state index contributed by atoms with van der Waals surface area (Å²) in [6.07, 6.45) is -4.61. The van der Waals surface area contributed by atoms with Crippen LogP contribution in [0.2, 0.25) is 0 Å². The molecule has 1 rings (SSSR count). The van der Waals surface area contributed by atoms with Crippen LogP contribution >= 0.6 is 0 Å². The minimum atomic E-state index is -5.01. The normalized spacial score (nSPS) is 18.4. The molecule has 1 aliphatic rings. The number of hydrogen-bond acceptors (Lipinski definition) is 5. The summed E-state index contributed by atoms with van der Waals surface area (Å²) in [4.78, 5) is 14.5. The molecule has 1 aliphatic heterocycles. The lowest BCUT2D eigenvalue weighted by Crippen LogP contribution is -2.50. The lowest BCUT2D eigenvalue weighted by molar-refractivity contribution is -0.258. The van der Waals surface area contributed by atoms with Crippen molar-refractivity contribution in [2.45, 2.75) is 12.6 Å². The number of carbonyl (C=O) groups excluding carboxylic acids is 1. The van der Waals surface area contributed by atoms with Gasteiger partial charge in [0.1, 0.15) is 0 Å². The number of hydroxylamine groups is 2. The van der Waals surface area contributed by atoms with Gasteiger partial charge in [0.15, 0.2) is 0 Å².